The number of carbonyl (C=O) groups is 2. The maximum Gasteiger partial charge on any atom is 0.259 e. The summed E-state index contributed by atoms with van der Waals surface area (Å²) in [5, 5.41) is 7.66. The summed E-state index contributed by atoms with van der Waals surface area (Å²) in [5.41, 5.74) is 3.59. The van der Waals surface area contributed by atoms with Crippen LogP contribution in [0.25, 0.3) is 16.9 Å². The fourth-order valence-electron chi connectivity index (χ4n) is 3.86. The van der Waals surface area contributed by atoms with E-state index in [9.17, 15) is 9.59 Å². The molecule has 0 aliphatic heterocycles. The quantitative estimate of drug-likeness (QED) is 0.382. The Morgan fingerprint density at radius 1 is 0.943 bits per heavy atom. The third kappa shape index (κ3) is 5.24. The molecule has 1 N–H and O–H groups in total. The predicted molar refractivity (Wildman–Crippen MR) is 137 cm³/mol. The average Bonchev–Trinajstić information content (AvgIpc) is 3.36. The Morgan fingerprint density at radius 2 is 1.69 bits per heavy atom. The van der Waals surface area contributed by atoms with E-state index in [0.717, 1.165) is 11.3 Å². The lowest BCUT2D eigenvalue weighted by atomic mass is 10.1. The molecule has 0 bridgehead atoms. The molecule has 0 radical (unpaired) electrons. The number of carbonyl (C=O) groups excluding carboxylic acids is 2. The van der Waals surface area contributed by atoms with Crippen molar-refractivity contribution in [2.24, 2.45) is 0 Å². The minimum absolute atomic E-state index is 0.0694. The predicted octanol–water partition coefficient (Wildman–Crippen LogP) is 5.28. The summed E-state index contributed by atoms with van der Waals surface area (Å²) in [7, 11) is 1.60. The molecule has 4 aromatic rings. The number of methoxy groups -OCH3 is 1. The van der Waals surface area contributed by atoms with E-state index in [4.69, 9.17) is 9.84 Å². The van der Waals surface area contributed by atoms with Gasteiger partial charge in [-0.15, -0.1) is 0 Å². The molecule has 178 valence electrons. The van der Waals surface area contributed by atoms with Crippen molar-refractivity contribution in [3.8, 4) is 22.7 Å². The van der Waals surface area contributed by atoms with Gasteiger partial charge in [0.05, 0.1) is 18.4 Å². The van der Waals surface area contributed by atoms with Crippen molar-refractivity contribution in [3.05, 3.63) is 96.2 Å². The summed E-state index contributed by atoms with van der Waals surface area (Å²) in [6.45, 7) is 5.12. The first kappa shape index (κ1) is 23.8. The Hall–Kier alpha value is -4.39. The summed E-state index contributed by atoms with van der Waals surface area (Å²) in [6, 6.07) is 24.0. The SMILES string of the molecule is CCN(CC)C(=O)c1cccc(NC(=O)c2cn(-c3ccccc3)nc2-c2cccc(OC)c2)c1. The van der Waals surface area contributed by atoms with Gasteiger partial charge in [0.2, 0.25) is 0 Å². The fraction of sp³-hybridized carbons (Fsp3) is 0.179. The number of hydrogen-bond acceptors (Lipinski definition) is 4. The van der Waals surface area contributed by atoms with Crippen LogP contribution < -0.4 is 10.1 Å². The van der Waals surface area contributed by atoms with Gasteiger partial charge in [0.1, 0.15) is 11.4 Å². The second kappa shape index (κ2) is 10.7. The molecule has 0 aliphatic rings. The minimum atomic E-state index is -0.322. The van der Waals surface area contributed by atoms with E-state index in [-0.39, 0.29) is 11.8 Å². The molecule has 2 amide bonds. The van der Waals surface area contributed by atoms with E-state index in [0.29, 0.717) is 41.3 Å². The Kier molecular flexibility index (Phi) is 7.26. The van der Waals surface area contributed by atoms with Gasteiger partial charge >= 0.3 is 0 Å². The number of nitrogens with one attached hydrogen (secondary N) is 1. The van der Waals surface area contributed by atoms with Crippen LogP contribution in [-0.2, 0) is 0 Å². The van der Waals surface area contributed by atoms with Crippen molar-refractivity contribution in [2.45, 2.75) is 13.8 Å². The molecule has 0 saturated carbocycles. The highest BCUT2D eigenvalue weighted by Crippen LogP contribution is 2.28. The number of rotatable bonds is 8. The van der Waals surface area contributed by atoms with Gasteiger partial charge in [-0.3, -0.25) is 9.59 Å². The van der Waals surface area contributed by atoms with Gasteiger partial charge in [-0.2, -0.15) is 5.10 Å². The number of para-hydroxylation sites is 1. The van der Waals surface area contributed by atoms with Crippen LogP contribution in [0.1, 0.15) is 34.6 Å². The van der Waals surface area contributed by atoms with Crippen molar-refractivity contribution in [1.82, 2.24) is 14.7 Å². The first-order valence-electron chi connectivity index (χ1n) is 11.5. The number of anilines is 1. The van der Waals surface area contributed by atoms with Crippen molar-refractivity contribution >= 4 is 17.5 Å². The fourth-order valence-corrected chi connectivity index (χ4v) is 3.86. The van der Waals surface area contributed by atoms with E-state index in [1.54, 1.807) is 47.2 Å². The molecule has 0 atom stereocenters. The molecule has 7 heteroatoms. The van der Waals surface area contributed by atoms with Gasteiger partial charge in [0.25, 0.3) is 11.8 Å². The average molecular weight is 469 g/mol. The zero-order valence-corrected chi connectivity index (χ0v) is 20.1. The molecule has 1 aromatic heterocycles. The van der Waals surface area contributed by atoms with E-state index in [1.807, 2.05) is 68.4 Å². The topological polar surface area (TPSA) is 76.5 Å². The van der Waals surface area contributed by atoms with Gasteiger partial charge < -0.3 is 15.0 Å². The molecule has 4 rings (SSSR count). The summed E-state index contributed by atoms with van der Waals surface area (Å²) in [4.78, 5) is 27.9. The number of ether oxygens (including phenoxy) is 1. The maximum absolute atomic E-state index is 13.4. The number of nitrogens with zero attached hydrogens (tertiary/aromatic N) is 3. The van der Waals surface area contributed by atoms with E-state index in [1.165, 1.54) is 0 Å². The third-order valence-corrected chi connectivity index (χ3v) is 5.74. The Bertz CT molecular complexity index is 1330. The van der Waals surface area contributed by atoms with E-state index in [2.05, 4.69) is 5.32 Å². The molecule has 7 nitrogen and oxygen atoms in total. The molecular weight excluding hydrogens is 440 g/mol. The van der Waals surface area contributed by atoms with Crippen molar-refractivity contribution in [3.63, 3.8) is 0 Å². The molecule has 0 fully saturated rings. The summed E-state index contributed by atoms with van der Waals surface area (Å²) >= 11 is 0. The lowest BCUT2D eigenvalue weighted by Gasteiger charge is -2.19. The van der Waals surface area contributed by atoms with Gasteiger partial charge in [0.15, 0.2) is 0 Å². The molecule has 3 aromatic carbocycles. The highest BCUT2D eigenvalue weighted by atomic mass is 16.5. The monoisotopic (exact) mass is 468 g/mol. The Morgan fingerprint density at radius 3 is 2.40 bits per heavy atom. The second-order valence-electron chi connectivity index (χ2n) is 7.92. The normalized spacial score (nSPS) is 10.6. The number of hydrogen-bond donors (Lipinski definition) is 1. The van der Waals surface area contributed by atoms with Crippen LogP contribution in [0.15, 0.2) is 85.1 Å². The molecule has 0 unspecified atom stereocenters. The Labute approximate surface area is 205 Å². The largest absolute Gasteiger partial charge is 0.497 e. The number of benzene rings is 3. The van der Waals surface area contributed by atoms with Crippen LogP contribution in [-0.4, -0.2) is 46.7 Å². The highest BCUT2D eigenvalue weighted by Gasteiger charge is 2.20. The standard InChI is InChI=1S/C28H28N4O3/c1-4-31(5-2)28(34)21-12-9-13-22(17-21)29-27(33)25-19-32(23-14-7-6-8-15-23)30-26(25)20-11-10-16-24(18-20)35-3/h6-19H,4-5H2,1-3H3,(H,29,33). The van der Waals surface area contributed by atoms with Gasteiger partial charge in [0, 0.05) is 36.1 Å². The van der Waals surface area contributed by atoms with Crippen molar-refractivity contribution < 1.29 is 14.3 Å². The molecular formula is C28H28N4O3. The number of amides is 2. The van der Waals surface area contributed by atoms with Crippen LogP contribution in [0.3, 0.4) is 0 Å². The molecule has 0 saturated heterocycles. The first-order valence-corrected chi connectivity index (χ1v) is 11.5. The molecule has 1 heterocycles. The lowest BCUT2D eigenvalue weighted by molar-refractivity contribution is 0.0772. The van der Waals surface area contributed by atoms with Gasteiger partial charge in [-0.05, 0) is 56.3 Å². The highest BCUT2D eigenvalue weighted by molar-refractivity contribution is 6.08. The van der Waals surface area contributed by atoms with Crippen molar-refractivity contribution in [2.75, 3.05) is 25.5 Å². The zero-order chi connectivity index (χ0) is 24.8. The van der Waals surface area contributed by atoms with Crippen molar-refractivity contribution in [1.29, 1.82) is 0 Å². The van der Waals surface area contributed by atoms with E-state index >= 15 is 0 Å². The van der Waals surface area contributed by atoms with Gasteiger partial charge in [-0.1, -0.05) is 36.4 Å². The van der Waals surface area contributed by atoms with Crippen LogP contribution in [0, 0.1) is 0 Å². The van der Waals surface area contributed by atoms with Gasteiger partial charge in [-0.25, -0.2) is 4.68 Å². The lowest BCUT2D eigenvalue weighted by Crippen LogP contribution is -2.30. The van der Waals surface area contributed by atoms with Crippen LogP contribution in [0.2, 0.25) is 0 Å². The smallest absolute Gasteiger partial charge is 0.259 e. The zero-order valence-electron chi connectivity index (χ0n) is 20.1. The molecule has 35 heavy (non-hydrogen) atoms. The van der Waals surface area contributed by atoms with E-state index < -0.39 is 0 Å². The van der Waals surface area contributed by atoms with Crippen LogP contribution >= 0.6 is 0 Å². The summed E-state index contributed by atoms with van der Waals surface area (Å²) < 4.78 is 7.05. The minimum Gasteiger partial charge on any atom is -0.497 e. The van der Waals surface area contributed by atoms with Crippen LogP contribution in [0.5, 0.6) is 5.75 Å². The maximum atomic E-state index is 13.4. The third-order valence-electron chi connectivity index (χ3n) is 5.74. The van der Waals surface area contributed by atoms with Crippen LogP contribution in [0.4, 0.5) is 5.69 Å². The summed E-state index contributed by atoms with van der Waals surface area (Å²) in [6.07, 6.45) is 1.71. The molecule has 0 spiro atoms. The summed E-state index contributed by atoms with van der Waals surface area (Å²) in [5.74, 6) is 0.281. The Balaban J connectivity index is 1.70. The first-order chi connectivity index (χ1) is 17.0. The number of aromatic nitrogens is 2. The molecule has 0 aliphatic carbocycles. The second-order valence-corrected chi connectivity index (χ2v) is 7.92.